The summed E-state index contributed by atoms with van der Waals surface area (Å²) in [6, 6.07) is 55.0. The number of anilines is 2. The first-order chi connectivity index (χ1) is 31.6. The molecule has 0 fully saturated rings. The van der Waals surface area contributed by atoms with Crippen LogP contribution in [0.4, 0.5) is 11.4 Å². The van der Waals surface area contributed by atoms with Crippen molar-refractivity contribution < 1.29 is 4.74 Å². The molecule has 5 heteroatoms. The number of ether oxygens (including phenoxy) is 1. The van der Waals surface area contributed by atoms with Gasteiger partial charge in [-0.25, -0.2) is 4.98 Å². The van der Waals surface area contributed by atoms with Crippen molar-refractivity contribution >= 4 is 33.2 Å². The van der Waals surface area contributed by atoms with Crippen molar-refractivity contribution in [3.8, 4) is 17.3 Å². The van der Waals surface area contributed by atoms with Gasteiger partial charge in [-0.15, -0.1) is 0 Å². The van der Waals surface area contributed by atoms with Gasteiger partial charge in [0.1, 0.15) is 17.3 Å². The van der Waals surface area contributed by atoms with Gasteiger partial charge in [-0.1, -0.05) is 181 Å². The molecule has 0 atom stereocenters. The van der Waals surface area contributed by atoms with Gasteiger partial charge < -0.3 is 14.5 Å². The third-order valence-electron chi connectivity index (χ3n) is 14.1. The maximum atomic E-state index is 7.03. The molecule has 342 valence electrons. The fraction of sp³-hybridized carbons (Fsp3) is 0.306. The van der Waals surface area contributed by atoms with Gasteiger partial charge in [-0.3, -0.25) is 4.57 Å². The van der Waals surface area contributed by atoms with E-state index in [0.717, 1.165) is 34.0 Å². The molecule has 6 aromatic carbocycles. The predicted octanol–water partition coefficient (Wildman–Crippen LogP) is 16.3. The van der Waals surface area contributed by atoms with Crippen molar-refractivity contribution in [2.24, 2.45) is 0 Å². The number of hydrogen-bond donors (Lipinski definition) is 0. The van der Waals surface area contributed by atoms with Crippen molar-refractivity contribution in [3.63, 3.8) is 0 Å². The van der Waals surface area contributed by atoms with E-state index in [4.69, 9.17) is 9.72 Å². The molecule has 8 aromatic rings. The molecule has 9 rings (SSSR count). The van der Waals surface area contributed by atoms with Gasteiger partial charge in [0.2, 0.25) is 0 Å². The largest absolute Gasteiger partial charge is 0.457 e. The summed E-state index contributed by atoms with van der Waals surface area (Å²) in [7, 11) is 0. The Morgan fingerprint density at radius 1 is 0.463 bits per heavy atom. The number of hydrogen-bond acceptors (Lipinski definition) is 4. The minimum Gasteiger partial charge on any atom is -0.457 e. The van der Waals surface area contributed by atoms with Crippen LogP contribution in [0.25, 0.3) is 27.6 Å². The molecule has 0 unspecified atom stereocenters. The second kappa shape index (κ2) is 16.6. The first-order valence-corrected chi connectivity index (χ1v) is 24.0. The normalized spacial score (nSPS) is 14.0. The van der Waals surface area contributed by atoms with Crippen LogP contribution in [0.3, 0.4) is 0 Å². The van der Waals surface area contributed by atoms with E-state index in [9.17, 15) is 0 Å². The minimum atomic E-state index is -0.285. The average Bonchev–Trinajstić information content (AvgIpc) is 3.90. The average molecular weight is 885 g/mol. The van der Waals surface area contributed by atoms with Gasteiger partial charge >= 0.3 is 0 Å². The van der Waals surface area contributed by atoms with Crippen molar-refractivity contribution in [1.82, 2.24) is 9.55 Å². The molecule has 0 aliphatic carbocycles. The highest BCUT2D eigenvalue weighted by molar-refractivity contribution is 6.11. The number of fused-ring (bicyclic) bond motifs is 3. The summed E-state index contributed by atoms with van der Waals surface area (Å²) in [5, 5.41) is 2.42. The lowest BCUT2D eigenvalue weighted by molar-refractivity contribution is 0.480. The van der Waals surface area contributed by atoms with Crippen LogP contribution in [0.1, 0.15) is 123 Å². The first-order valence-electron chi connectivity index (χ1n) is 24.0. The van der Waals surface area contributed by atoms with E-state index in [-0.39, 0.29) is 27.1 Å². The third kappa shape index (κ3) is 8.66. The molecule has 0 spiro atoms. The molecule has 1 aliphatic heterocycles. The SMILES string of the molecule is CC(C)(C)c1cc(N2CN(c3cccc(Oc4cc(C(C)(C)C)c5c6ccccc6n(-c6cc(C(C)(C)c7ccccc7)ccn6)c5c4)c3)C=C2C(C)(C)c2ccccc2)cc(C(C)(C)C)c1. The van der Waals surface area contributed by atoms with Gasteiger partial charge in [-0.05, 0) is 98.2 Å². The van der Waals surface area contributed by atoms with Crippen LogP contribution in [0.5, 0.6) is 11.5 Å². The number of aromatic nitrogens is 2. The molecule has 1 aliphatic rings. The zero-order valence-corrected chi connectivity index (χ0v) is 42.0. The number of para-hydroxylation sites is 1. The molecule has 0 radical (unpaired) electrons. The Balaban J connectivity index is 1.14. The molecule has 67 heavy (non-hydrogen) atoms. The van der Waals surface area contributed by atoms with E-state index in [1.54, 1.807) is 0 Å². The van der Waals surface area contributed by atoms with E-state index in [0.29, 0.717) is 6.67 Å². The summed E-state index contributed by atoms with van der Waals surface area (Å²) in [5.41, 5.74) is 12.7. The van der Waals surface area contributed by atoms with Crippen LogP contribution in [0.2, 0.25) is 0 Å². The molecule has 0 saturated heterocycles. The van der Waals surface area contributed by atoms with Crippen LogP contribution in [-0.2, 0) is 27.1 Å². The summed E-state index contributed by atoms with van der Waals surface area (Å²) in [4.78, 5) is 9.97. The summed E-state index contributed by atoms with van der Waals surface area (Å²) in [6.07, 6.45) is 4.31. The van der Waals surface area contributed by atoms with Gasteiger partial charge in [0.15, 0.2) is 0 Å². The minimum absolute atomic E-state index is 0.00994. The summed E-state index contributed by atoms with van der Waals surface area (Å²) in [5.74, 6) is 2.45. The fourth-order valence-corrected chi connectivity index (χ4v) is 9.78. The second-order valence-corrected chi connectivity index (χ2v) is 22.8. The smallest absolute Gasteiger partial charge is 0.137 e. The third-order valence-corrected chi connectivity index (χ3v) is 14.1. The Hall–Kier alpha value is -6.59. The maximum absolute atomic E-state index is 7.03. The quantitative estimate of drug-likeness (QED) is 0.145. The lowest BCUT2D eigenvalue weighted by atomic mass is 9.78. The standard InChI is InChI=1S/C62H68N4O/c1-58(2,3)45-33-46(59(4,5)6)35-48(34-45)65-41-64(40-55(65)62(12,13)43-25-18-15-19-26-43)47-27-22-28-49(37-47)67-50-38-52(60(7,8)9)57-51-29-20-21-30-53(51)66(54(57)39-50)56-36-44(31-32-63-56)61(10,11)42-23-16-14-17-24-42/h14-40H,41H2,1-13H3. The highest BCUT2D eigenvalue weighted by Crippen LogP contribution is 2.45. The topological polar surface area (TPSA) is 33.5 Å². The number of pyridine rings is 1. The molecular weight excluding hydrogens is 817 g/mol. The molecule has 2 aromatic heterocycles. The van der Waals surface area contributed by atoms with E-state index in [1.165, 1.54) is 55.5 Å². The zero-order valence-electron chi connectivity index (χ0n) is 42.0. The van der Waals surface area contributed by atoms with E-state index in [2.05, 4.69) is 262 Å². The van der Waals surface area contributed by atoms with E-state index in [1.807, 2.05) is 6.20 Å². The highest BCUT2D eigenvalue weighted by Gasteiger charge is 2.37. The summed E-state index contributed by atoms with van der Waals surface area (Å²) >= 11 is 0. The zero-order chi connectivity index (χ0) is 47.7. The van der Waals surface area contributed by atoms with Gasteiger partial charge in [-0.2, -0.15) is 0 Å². The molecule has 5 nitrogen and oxygen atoms in total. The Morgan fingerprint density at radius 2 is 1.07 bits per heavy atom. The maximum Gasteiger partial charge on any atom is 0.137 e. The Kier molecular flexibility index (Phi) is 11.3. The predicted molar refractivity (Wildman–Crippen MR) is 284 cm³/mol. The van der Waals surface area contributed by atoms with Crippen LogP contribution in [0.15, 0.2) is 170 Å². The Morgan fingerprint density at radius 3 is 1.70 bits per heavy atom. The number of allylic oxidation sites excluding steroid dienone is 1. The van der Waals surface area contributed by atoms with Gasteiger partial charge in [0, 0.05) is 63.2 Å². The highest BCUT2D eigenvalue weighted by atomic mass is 16.5. The van der Waals surface area contributed by atoms with Crippen LogP contribution >= 0.6 is 0 Å². The lowest BCUT2D eigenvalue weighted by Crippen LogP contribution is -2.34. The number of rotatable bonds is 9. The molecule has 0 saturated carbocycles. The summed E-state index contributed by atoms with van der Waals surface area (Å²) < 4.78 is 9.36. The van der Waals surface area contributed by atoms with E-state index < -0.39 is 0 Å². The lowest BCUT2D eigenvalue weighted by Gasteiger charge is -2.36. The van der Waals surface area contributed by atoms with Crippen molar-refractivity contribution in [3.05, 3.63) is 203 Å². The molecule has 3 heterocycles. The van der Waals surface area contributed by atoms with Crippen molar-refractivity contribution in [2.45, 2.75) is 117 Å². The second-order valence-electron chi connectivity index (χ2n) is 22.8. The monoisotopic (exact) mass is 885 g/mol. The molecule has 0 amide bonds. The van der Waals surface area contributed by atoms with Gasteiger partial charge in [0.25, 0.3) is 0 Å². The fourth-order valence-electron chi connectivity index (χ4n) is 9.78. The van der Waals surface area contributed by atoms with Crippen LogP contribution in [0, 0.1) is 0 Å². The molecular formula is C62H68N4O. The Labute approximate surface area is 399 Å². The van der Waals surface area contributed by atoms with Crippen LogP contribution < -0.4 is 14.5 Å². The number of nitrogens with zero attached hydrogens (tertiary/aromatic N) is 4. The number of benzene rings is 6. The van der Waals surface area contributed by atoms with Gasteiger partial charge in [0.05, 0.1) is 17.7 Å². The molecule has 0 N–H and O–H groups in total. The van der Waals surface area contributed by atoms with Crippen molar-refractivity contribution in [1.29, 1.82) is 0 Å². The first kappa shape index (κ1) is 45.6. The Bertz CT molecular complexity index is 3100. The summed E-state index contributed by atoms with van der Waals surface area (Å²) in [6.45, 7) is 30.7. The van der Waals surface area contributed by atoms with Crippen LogP contribution in [-0.4, -0.2) is 16.2 Å². The van der Waals surface area contributed by atoms with Crippen molar-refractivity contribution in [2.75, 3.05) is 16.5 Å². The molecule has 0 bridgehead atoms. The van der Waals surface area contributed by atoms with E-state index >= 15 is 0 Å².